The maximum atomic E-state index is 12.1. The third-order valence-corrected chi connectivity index (χ3v) is 6.09. The average Bonchev–Trinajstić information content (AvgIpc) is 3.43. The zero-order valence-electron chi connectivity index (χ0n) is 16.6. The molecular formula is C21H24N6OS. The number of pyridine rings is 2. The number of carbonyl (C=O) groups excluding carboxylic acids is 1. The number of thiazole rings is 1. The summed E-state index contributed by atoms with van der Waals surface area (Å²) in [6, 6.07) is 9.77. The Labute approximate surface area is 174 Å². The lowest BCUT2D eigenvalue weighted by Crippen LogP contribution is -2.41. The molecule has 150 valence electrons. The molecule has 3 aromatic heterocycles. The van der Waals surface area contributed by atoms with Gasteiger partial charge in [-0.05, 0) is 49.1 Å². The van der Waals surface area contributed by atoms with Crippen LogP contribution in [0.25, 0.3) is 10.6 Å². The number of aryl methyl sites for hydroxylation is 1. The van der Waals surface area contributed by atoms with Gasteiger partial charge in [-0.25, -0.2) is 15.0 Å². The molecule has 7 nitrogen and oxygen atoms in total. The van der Waals surface area contributed by atoms with Gasteiger partial charge in [0.2, 0.25) is 5.91 Å². The fourth-order valence-electron chi connectivity index (χ4n) is 3.49. The van der Waals surface area contributed by atoms with E-state index in [2.05, 4.69) is 32.4 Å². The van der Waals surface area contributed by atoms with Gasteiger partial charge < -0.3 is 15.5 Å². The summed E-state index contributed by atoms with van der Waals surface area (Å²) in [6.07, 6.45) is 6.45. The van der Waals surface area contributed by atoms with Crippen LogP contribution < -0.4 is 15.5 Å². The molecular weight excluding hydrogens is 384 g/mol. The third kappa shape index (κ3) is 4.22. The first-order chi connectivity index (χ1) is 14.2. The van der Waals surface area contributed by atoms with Crippen LogP contribution in [0.4, 0.5) is 16.8 Å². The van der Waals surface area contributed by atoms with Crippen molar-refractivity contribution in [1.82, 2.24) is 20.3 Å². The summed E-state index contributed by atoms with van der Waals surface area (Å²) in [4.78, 5) is 28.9. The molecule has 29 heavy (non-hydrogen) atoms. The molecule has 0 saturated carbocycles. The second-order valence-corrected chi connectivity index (χ2v) is 7.92. The van der Waals surface area contributed by atoms with Gasteiger partial charge in [-0.15, -0.1) is 0 Å². The molecule has 8 heteroatoms. The van der Waals surface area contributed by atoms with E-state index in [4.69, 9.17) is 4.98 Å². The lowest BCUT2D eigenvalue weighted by atomic mass is 10.2. The number of carbonyl (C=O) groups is 1. The van der Waals surface area contributed by atoms with E-state index in [1.807, 2.05) is 36.5 Å². The minimum atomic E-state index is -0.142. The van der Waals surface area contributed by atoms with Crippen LogP contribution in [0.3, 0.4) is 0 Å². The Morgan fingerprint density at radius 3 is 3.00 bits per heavy atom. The molecule has 1 saturated heterocycles. The molecule has 0 spiro atoms. The minimum Gasteiger partial charge on any atom is -0.357 e. The summed E-state index contributed by atoms with van der Waals surface area (Å²) < 4.78 is 0. The molecule has 1 fully saturated rings. The number of rotatable bonds is 6. The van der Waals surface area contributed by atoms with Gasteiger partial charge >= 0.3 is 0 Å². The zero-order valence-corrected chi connectivity index (χ0v) is 17.4. The molecule has 2 N–H and O–H groups in total. The number of nitrogens with zero attached hydrogens (tertiary/aromatic N) is 4. The zero-order chi connectivity index (χ0) is 20.2. The number of anilines is 3. The van der Waals surface area contributed by atoms with E-state index in [9.17, 15) is 4.79 Å². The molecule has 0 aromatic carbocycles. The number of aromatic nitrogens is 3. The van der Waals surface area contributed by atoms with E-state index in [0.717, 1.165) is 53.1 Å². The van der Waals surface area contributed by atoms with E-state index >= 15 is 0 Å². The SMILES string of the molecule is CCc1ccnc(Nc2cccc(-c3cnc(N4CCC[C@H]4C(=O)NC)s3)n2)c1. The fraction of sp³-hybridized carbons (Fsp3) is 0.333. The van der Waals surface area contributed by atoms with Crippen LogP contribution >= 0.6 is 11.3 Å². The highest BCUT2D eigenvalue weighted by Crippen LogP contribution is 2.34. The Balaban J connectivity index is 1.54. The number of hydrogen-bond donors (Lipinski definition) is 2. The van der Waals surface area contributed by atoms with Gasteiger partial charge in [-0.2, -0.15) is 0 Å². The van der Waals surface area contributed by atoms with Gasteiger partial charge in [0.25, 0.3) is 0 Å². The first kappa shape index (κ1) is 19.3. The maximum absolute atomic E-state index is 12.1. The summed E-state index contributed by atoms with van der Waals surface area (Å²) in [7, 11) is 1.68. The highest BCUT2D eigenvalue weighted by Gasteiger charge is 2.32. The highest BCUT2D eigenvalue weighted by atomic mass is 32.1. The summed E-state index contributed by atoms with van der Waals surface area (Å²) in [6.45, 7) is 2.97. The van der Waals surface area contributed by atoms with Crippen molar-refractivity contribution in [2.45, 2.75) is 32.2 Å². The topological polar surface area (TPSA) is 83.0 Å². The van der Waals surface area contributed by atoms with E-state index in [1.165, 1.54) is 5.56 Å². The van der Waals surface area contributed by atoms with Crippen molar-refractivity contribution < 1.29 is 4.79 Å². The van der Waals surface area contributed by atoms with Crippen LogP contribution in [0.1, 0.15) is 25.3 Å². The van der Waals surface area contributed by atoms with Crippen LogP contribution in [-0.2, 0) is 11.2 Å². The van der Waals surface area contributed by atoms with E-state index in [1.54, 1.807) is 24.6 Å². The Hall–Kier alpha value is -3.00. The molecule has 0 aliphatic carbocycles. The molecule has 1 aliphatic rings. The van der Waals surface area contributed by atoms with E-state index in [0.29, 0.717) is 0 Å². The Bertz CT molecular complexity index is 1000. The van der Waals surface area contributed by atoms with Crippen LogP contribution in [0.5, 0.6) is 0 Å². The summed E-state index contributed by atoms with van der Waals surface area (Å²) in [5.74, 6) is 1.57. The number of nitrogens with one attached hydrogen (secondary N) is 2. The predicted molar refractivity (Wildman–Crippen MR) is 117 cm³/mol. The van der Waals surface area contributed by atoms with Crippen LogP contribution in [0, 0.1) is 0 Å². The van der Waals surface area contributed by atoms with Crippen LogP contribution in [-0.4, -0.2) is 40.5 Å². The van der Waals surface area contributed by atoms with Crippen molar-refractivity contribution >= 4 is 34.0 Å². The van der Waals surface area contributed by atoms with Gasteiger partial charge in [0.15, 0.2) is 5.13 Å². The Morgan fingerprint density at radius 1 is 1.28 bits per heavy atom. The van der Waals surface area contributed by atoms with Gasteiger partial charge in [0.1, 0.15) is 17.7 Å². The highest BCUT2D eigenvalue weighted by molar-refractivity contribution is 7.18. The van der Waals surface area contributed by atoms with Crippen molar-refractivity contribution in [3.8, 4) is 10.6 Å². The van der Waals surface area contributed by atoms with Crippen molar-refractivity contribution in [1.29, 1.82) is 0 Å². The lowest BCUT2D eigenvalue weighted by Gasteiger charge is -2.22. The summed E-state index contributed by atoms with van der Waals surface area (Å²) in [5.41, 5.74) is 2.07. The molecule has 3 aromatic rings. The first-order valence-electron chi connectivity index (χ1n) is 9.81. The van der Waals surface area contributed by atoms with Gasteiger partial charge in [0, 0.05) is 26.0 Å². The lowest BCUT2D eigenvalue weighted by molar-refractivity contribution is -0.121. The molecule has 1 amide bonds. The second kappa shape index (κ2) is 8.57. The van der Waals surface area contributed by atoms with E-state index in [-0.39, 0.29) is 11.9 Å². The molecule has 1 aliphatic heterocycles. The third-order valence-electron chi connectivity index (χ3n) is 5.03. The summed E-state index contributed by atoms with van der Waals surface area (Å²) >= 11 is 1.56. The molecule has 0 unspecified atom stereocenters. The van der Waals surface area contributed by atoms with Crippen molar-refractivity contribution in [3.63, 3.8) is 0 Å². The number of amides is 1. The van der Waals surface area contributed by atoms with E-state index < -0.39 is 0 Å². The molecule has 4 heterocycles. The van der Waals surface area contributed by atoms with Gasteiger partial charge in [0.05, 0.1) is 10.6 Å². The molecule has 1 atom stereocenters. The normalized spacial score (nSPS) is 16.1. The predicted octanol–water partition coefficient (Wildman–Crippen LogP) is 3.62. The average molecular weight is 409 g/mol. The minimum absolute atomic E-state index is 0.0467. The van der Waals surface area contributed by atoms with Gasteiger partial charge in [-0.1, -0.05) is 24.3 Å². The first-order valence-corrected chi connectivity index (χ1v) is 10.6. The maximum Gasteiger partial charge on any atom is 0.242 e. The van der Waals surface area contributed by atoms with Crippen molar-refractivity contribution in [3.05, 3.63) is 48.3 Å². The standard InChI is InChI=1S/C21H24N6OS/c1-3-14-9-10-23-19(12-14)26-18-8-4-6-15(25-18)17-13-24-21(29-17)27-11-5-7-16(27)20(28)22-2/h4,6,8-10,12-13,16H,3,5,7,11H2,1-2H3,(H,22,28)(H,23,25,26)/t16-/m0/s1. The van der Waals surface area contributed by atoms with Gasteiger partial charge in [-0.3, -0.25) is 4.79 Å². The second-order valence-electron chi connectivity index (χ2n) is 6.91. The van der Waals surface area contributed by atoms with Crippen molar-refractivity contribution in [2.75, 3.05) is 23.8 Å². The molecule has 4 rings (SSSR count). The monoisotopic (exact) mass is 408 g/mol. The molecule has 0 bridgehead atoms. The fourth-order valence-corrected chi connectivity index (χ4v) is 4.45. The molecule has 0 radical (unpaired) electrons. The summed E-state index contributed by atoms with van der Waals surface area (Å²) in [5, 5.41) is 6.90. The Morgan fingerprint density at radius 2 is 2.17 bits per heavy atom. The van der Waals surface area contributed by atoms with Crippen molar-refractivity contribution in [2.24, 2.45) is 0 Å². The smallest absolute Gasteiger partial charge is 0.242 e. The quantitative estimate of drug-likeness (QED) is 0.648. The number of likely N-dealkylation sites (N-methyl/N-ethyl adjacent to an activating group) is 1. The van der Waals surface area contributed by atoms with Crippen LogP contribution in [0.15, 0.2) is 42.7 Å². The largest absolute Gasteiger partial charge is 0.357 e. The van der Waals surface area contributed by atoms with Crippen LogP contribution in [0.2, 0.25) is 0 Å². The number of hydrogen-bond acceptors (Lipinski definition) is 7. The Kier molecular flexibility index (Phi) is 5.71.